The van der Waals surface area contributed by atoms with E-state index in [4.69, 9.17) is 4.74 Å². The van der Waals surface area contributed by atoms with Gasteiger partial charge in [0.1, 0.15) is 5.60 Å². The van der Waals surface area contributed by atoms with Gasteiger partial charge >= 0.3 is 6.09 Å². The largest absolute Gasteiger partial charge is 0.444 e. The van der Waals surface area contributed by atoms with Gasteiger partial charge in [0.25, 0.3) is 0 Å². The third-order valence-electron chi connectivity index (χ3n) is 3.37. The van der Waals surface area contributed by atoms with Gasteiger partial charge in [-0.1, -0.05) is 19.9 Å². The predicted octanol–water partition coefficient (Wildman–Crippen LogP) is 1.82. The molecule has 128 valence electrons. The third-order valence-corrected chi connectivity index (χ3v) is 3.37. The zero-order valence-corrected chi connectivity index (χ0v) is 14.7. The molecule has 0 radical (unpaired) electrons. The van der Waals surface area contributed by atoms with Crippen LogP contribution < -0.4 is 16.0 Å². The molecule has 0 bridgehead atoms. The van der Waals surface area contributed by atoms with Crippen LogP contribution >= 0.6 is 0 Å². The van der Waals surface area contributed by atoms with Crippen LogP contribution in [0.2, 0.25) is 0 Å². The van der Waals surface area contributed by atoms with Gasteiger partial charge in [0.05, 0.1) is 6.54 Å². The van der Waals surface area contributed by atoms with Crippen molar-refractivity contribution in [1.29, 1.82) is 0 Å². The molecule has 0 spiro atoms. The Morgan fingerprint density at radius 3 is 2.23 bits per heavy atom. The molecule has 3 N–H and O–H groups in total. The fourth-order valence-electron chi connectivity index (χ4n) is 1.57. The van der Waals surface area contributed by atoms with Crippen molar-refractivity contribution in [3.8, 4) is 0 Å². The molecule has 6 heteroatoms. The molecule has 0 aliphatic rings. The number of amides is 2. The van der Waals surface area contributed by atoms with E-state index in [0.717, 1.165) is 0 Å². The van der Waals surface area contributed by atoms with Crippen LogP contribution in [0.4, 0.5) is 4.79 Å². The Bertz CT molecular complexity index is 389. The molecule has 0 aliphatic carbocycles. The molecule has 0 aromatic rings. The van der Waals surface area contributed by atoms with Crippen LogP contribution in [-0.4, -0.2) is 42.8 Å². The number of ether oxygens (including phenoxy) is 1. The van der Waals surface area contributed by atoms with Crippen molar-refractivity contribution in [3.63, 3.8) is 0 Å². The highest BCUT2D eigenvalue weighted by Gasteiger charge is 2.29. The number of rotatable bonds is 8. The van der Waals surface area contributed by atoms with Crippen molar-refractivity contribution in [2.75, 3.05) is 19.6 Å². The maximum atomic E-state index is 11.8. The first-order valence-corrected chi connectivity index (χ1v) is 7.59. The van der Waals surface area contributed by atoms with E-state index in [2.05, 4.69) is 22.5 Å². The summed E-state index contributed by atoms with van der Waals surface area (Å²) in [7, 11) is 0. The summed E-state index contributed by atoms with van der Waals surface area (Å²) < 4.78 is 5.22. The summed E-state index contributed by atoms with van der Waals surface area (Å²) in [5, 5.41) is 8.67. The van der Waals surface area contributed by atoms with Crippen LogP contribution in [0.1, 0.15) is 41.5 Å². The Morgan fingerprint density at radius 1 is 1.18 bits per heavy atom. The minimum absolute atomic E-state index is 0.107. The van der Waals surface area contributed by atoms with Crippen molar-refractivity contribution in [2.24, 2.45) is 5.92 Å². The quantitative estimate of drug-likeness (QED) is 0.597. The highest BCUT2D eigenvalue weighted by atomic mass is 16.6. The summed E-state index contributed by atoms with van der Waals surface area (Å²) in [5.74, 6) is 0.110. The van der Waals surface area contributed by atoms with Gasteiger partial charge in [-0.25, -0.2) is 4.79 Å². The number of carbonyl (C=O) groups excluding carboxylic acids is 2. The SMILES string of the molecule is C=CCNC(=O)CNC(C)(CNC(=O)OC(C)(C)C)C(C)C. The molecule has 1 unspecified atom stereocenters. The van der Waals surface area contributed by atoms with Gasteiger partial charge in [-0.15, -0.1) is 6.58 Å². The van der Waals surface area contributed by atoms with Crippen molar-refractivity contribution < 1.29 is 14.3 Å². The van der Waals surface area contributed by atoms with Crippen LogP contribution in [0, 0.1) is 5.92 Å². The van der Waals surface area contributed by atoms with E-state index < -0.39 is 17.2 Å². The summed E-state index contributed by atoms with van der Waals surface area (Å²) in [6, 6.07) is 0. The maximum absolute atomic E-state index is 11.8. The Labute approximate surface area is 134 Å². The second-order valence-electron chi connectivity index (χ2n) is 6.87. The zero-order chi connectivity index (χ0) is 17.4. The standard InChI is InChI=1S/C16H31N3O3/c1-8-9-17-13(20)10-19-16(7,12(2)3)11-18-14(21)22-15(4,5)6/h8,12,19H,1,9-11H2,2-7H3,(H,17,20)(H,18,21). The molecule has 0 saturated heterocycles. The van der Waals surface area contributed by atoms with Crippen LogP contribution in [0.3, 0.4) is 0 Å². The molecule has 1 atom stereocenters. The number of alkyl carbamates (subject to hydrolysis) is 1. The summed E-state index contributed by atoms with van der Waals surface area (Å²) in [4.78, 5) is 23.4. The summed E-state index contributed by atoms with van der Waals surface area (Å²) in [6.45, 7) is 16.0. The van der Waals surface area contributed by atoms with Gasteiger partial charge in [0.2, 0.25) is 5.91 Å². The van der Waals surface area contributed by atoms with Gasteiger partial charge in [-0.2, -0.15) is 0 Å². The molecule has 0 aliphatic heterocycles. The minimum Gasteiger partial charge on any atom is -0.444 e. The zero-order valence-electron chi connectivity index (χ0n) is 14.7. The Hall–Kier alpha value is -1.56. The monoisotopic (exact) mass is 313 g/mol. The Morgan fingerprint density at radius 2 is 1.77 bits per heavy atom. The first kappa shape index (κ1) is 20.4. The van der Waals surface area contributed by atoms with Crippen LogP contribution in [-0.2, 0) is 9.53 Å². The average Bonchev–Trinajstić information content (AvgIpc) is 2.38. The molecule has 0 aromatic carbocycles. The van der Waals surface area contributed by atoms with E-state index in [1.54, 1.807) is 6.08 Å². The van der Waals surface area contributed by atoms with Crippen molar-refractivity contribution >= 4 is 12.0 Å². The maximum Gasteiger partial charge on any atom is 0.407 e. The lowest BCUT2D eigenvalue weighted by atomic mass is 9.88. The minimum atomic E-state index is -0.531. The summed E-state index contributed by atoms with van der Waals surface area (Å²) in [5.41, 5.74) is -0.946. The number of hydrogen-bond acceptors (Lipinski definition) is 4. The van der Waals surface area contributed by atoms with Crippen molar-refractivity contribution in [2.45, 2.75) is 52.7 Å². The number of carbonyl (C=O) groups is 2. The first-order chi connectivity index (χ1) is 10.00. The van der Waals surface area contributed by atoms with E-state index in [1.165, 1.54) is 0 Å². The van der Waals surface area contributed by atoms with Crippen LogP contribution in [0.25, 0.3) is 0 Å². The van der Waals surface area contributed by atoms with Crippen molar-refractivity contribution in [3.05, 3.63) is 12.7 Å². The van der Waals surface area contributed by atoms with E-state index in [9.17, 15) is 9.59 Å². The predicted molar refractivity (Wildman–Crippen MR) is 88.7 cm³/mol. The van der Waals surface area contributed by atoms with Gasteiger partial charge in [0.15, 0.2) is 0 Å². The molecule has 22 heavy (non-hydrogen) atoms. The molecule has 0 saturated carbocycles. The molecular formula is C16H31N3O3. The molecule has 0 aromatic heterocycles. The smallest absolute Gasteiger partial charge is 0.407 e. The number of nitrogens with one attached hydrogen (secondary N) is 3. The van der Waals surface area contributed by atoms with E-state index >= 15 is 0 Å². The molecule has 0 heterocycles. The van der Waals surface area contributed by atoms with Crippen molar-refractivity contribution in [1.82, 2.24) is 16.0 Å². The van der Waals surface area contributed by atoms with Crippen LogP contribution in [0.5, 0.6) is 0 Å². The number of hydrogen-bond donors (Lipinski definition) is 3. The Kier molecular flexibility index (Phi) is 8.16. The Balaban J connectivity index is 4.47. The van der Waals surface area contributed by atoms with Gasteiger partial charge in [0, 0.05) is 18.6 Å². The summed E-state index contributed by atoms with van der Waals surface area (Å²) in [6.07, 6.45) is 1.17. The summed E-state index contributed by atoms with van der Waals surface area (Å²) >= 11 is 0. The van der Waals surface area contributed by atoms with E-state index in [0.29, 0.717) is 13.1 Å². The van der Waals surface area contributed by atoms with E-state index in [1.807, 2.05) is 41.5 Å². The van der Waals surface area contributed by atoms with Gasteiger partial charge < -0.3 is 20.7 Å². The first-order valence-electron chi connectivity index (χ1n) is 7.59. The molecule has 0 fully saturated rings. The fourth-order valence-corrected chi connectivity index (χ4v) is 1.57. The lowest BCUT2D eigenvalue weighted by Gasteiger charge is -2.35. The highest BCUT2D eigenvalue weighted by molar-refractivity contribution is 5.78. The second kappa shape index (κ2) is 8.78. The van der Waals surface area contributed by atoms with Gasteiger partial charge in [-0.3, -0.25) is 4.79 Å². The molecular weight excluding hydrogens is 282 g/mol. The second-order valence-corrected chi connectivity index (χ2v) is 6.87. The normalized spacial score (nSPS) is 14.1. The molecule has 2 amide bonds. The third kappa shape index (κ3) is 8.67. The highest BCUT2D eigenvalue weighted by Crippen LogP contribution is 2.15. The van der Waals surface area contributed by atoms with Crippen LogP contribution in [0.15, 0.2) is 12.7 Å². The van der Waals surface area contributed by atoms with E-state index in [-0.39, 0.29) is 18.4 Å². The fraction of sp³-hybridized carbons (Fsp3) is 0.750. The lowest BCUT2D eigenvalue weighted by molar-refractivity contribution is -0.120. The van der Waals surface area contributed by atoms with Gasteiger partial charge in [-0.05, 0) is 33.6 Å². The molecule has 6 nitrogen and oxygen atoms in total. The molecule has 0 rings (SSSR count). The average molecular weight is 313 g/mol. The topological polar surface area (TPSA) is 79.5 Å². The lowest BCUT2D eigenvalue weighted by Crippen LogP contribution is -2.57.